The Morgan fingerprint density at radius 3 is 2.78 bits per heavy atom. The third kappa shape index (κ3) is 5.14. The molecule has 188 valence electrons. The number of Topliss-reactive ketones (excluding diaryl/α,β-unsaturated/α-hetero) is 1. The van der Waals surface area contributed by atoms with Crippen molar-refractivity contribution < 1.29 is 14.0 Å². The van der Waals surface area contributed by atoms with Crippen molar-refractivity contribution in [3.05, 3.63) is 89.9 Å². The minimum absolute atomic E-state index is 0.00583. The molecule has 2 aromatic heterocycles. The number of likely N-dealkylation sites (tertiary alicyclic amines) is 1. The molecule has 0 radical (unpaired) electrons. The van der Waals surface area contributed by atoms with Crippen molar-refractivity contribution >= 4 is 28.5 Å². The molecule has 1 aliphatic heterocycles. The number of nitrogens with zero attached hydrogens (tertiary/aromatic N) is 3. The van der Waals surface area contributed by atoms with E-state index in [0.717, 1.165) is 22.9 Å². The van der Waals surface area contributed by atoms with Crippen LogP contribution in [-0.4, -0.2) is 50.9 Å². The number of aromatic nitrogens is 3. The first-order valence-corrected chi connectivity index (χ1v) is 12.3. The molecule has 5 rings (SSSR count). The second-order valence-electron chi connectivity index (χ2n) is 9.37. The summed E-state index contributed by atoms with van der Waals surface area (Å²) in [6.45, 7) is 6.73. The first-order chi connectivity index (χ1) is 17.9. The van der Waals surface area contributed by atoms with Crippen molar-refractivity contribution in [3.8, 4) is 11.1 Å². The summed E-state index contributed by atoms with van der Waals surface area (Å²) >= 11 is 0. The van der Waals surface area contributed by atoms with Crippen LogP contribution in [0.1, 0.15) is 34.3 Å². The van der Waals surface area contributed by atoms with Crippen molar-refractivity contribution in [2.75, 3.05) is 18.4 Å². The van der Waals surface area contributed by atoms with E-state index < -0.39 is 0 Å². The molecule has 8 heteroatoms. The number of H-pyrrole nitrogens is 1. The number of anilines is 1. The molecule has 7 nitrogen and oxygen atoms in total. The zero-order valence-corrected chi connectivity index (χ0v) is 20.6. The van der Waals surface area contributed by atoms with Crippen LogP contribution in [0.25, 0.3) is 22.2 Å². The lowest BCUT2D eigenvalue weighted by Gasteiger charge is -2.15. The fraction of sp³-hybridized carbons (Fsp3) is 0.241. The normalized spacial score (nSPS) is 15.2. The van der Waals surface area contributed by atoms with Gasteiger partial charge in [0.05, 0.1) is 5.39 Å². The molecule has 2 aromatic carbocycles. The van der Waals surface area contributed by atoms with Crippen LogP contribution in [0.4, 0.5) is 10.2 Å². The van der Waals surface area contributed by atoms with Gasteiger partial charge in [-0.3, -0.25) is 14.7 Å². The summed E-state index contributed by atoms with van der Waals surface area (Å²) in [5.41, 5.74) is 4.30. The predicted molar refractivity (Wildman–Crippen MR) is 142 cm³/mol. The smallest absolute Gasteiger partial charge is 0.246 e. The summed E-state index contributed by atoms with van der Waals surface area (Å²) in [5, 5.41) is 11.5. The van der Waals surface area contributed by atoms with Crippen LogP contribution in [0, 0.1) is 12.7 Å². The van der Waals surface area contributed by atoms with E-state index in [-0.39, 0.29) is 30.0 Å². The fourth-order valence-electron chi connectivity index (χ4n) is 4.75. The average molecular weight is 498 g/mol. The number of aryl methyl sites for hydroxylation is 2. The number of ketones is 1. The lowest BCUT2D eigenvalue weighted by Crippen LogP contribution is -2.30. The van der Waals surface area contributed by atoms with Gasteiger partial charge in [0.2, 0.25) is 5.91 Å². The maximum Gasteiger partial charge on any atom is 0.246 e. The highest BCUT2D eigenvalue weighted by Gasteiger charge is 2.26. The molecule has 0 unspecified atom stereocenters. The van der Waals surface area contributed by atoms with E-state index in [2.05, 4.69) is 27.1 Å². The van der Waals surface area contributed by atoms with Gasteiger partial charge in [-0.2, -0.15) is 5.10 Å². The number of carbonyl (C=O) groups is 2. The van der Waals surface area contributed by atoms with Gasteiger partial charge in [0.25, 0.3) is 0 Å². The van der Waals surface area contributed by atoms with Crippen LogP contribution in [0.2, 0.25) is 0 Å². The Balaban J connectivity index is 1.34. The lowest BCUT2D eigenvalue weighted by atomic mass is 9.98. The molecule has 0 saturated carbocycles. The molecular formula is C29H28FN5O2. The molecular weight excluding hydrogens is 469 g/mol. The molecule has 3 heterocycles. The average Bonchev–Trinajstić information content (AvgIpc) is 3.55. The van der Waals surface area contributed by atoms with Crippen molar-refractivity contribution in [1.82, 2.24) is 20.1 Å². The fourth-order valence-corrected chi connectivity index (χ4v) is 4.75. The maximum atomic E-state index is 15.1. The zero-order chi connectivity index (χ0) is 25.9. The Kier molecular flexibility index (Phi) is 6.81. The second-order valence-corrected chi connectivity index (χ2v) is 9.37. The molecule has 1 fully saturated rings. The van der Waals surface area contributed by atoms with Crippen molar-refractivity contribution in [2.24, 2.45) is 0 Å². The highest BCUT2D eigenvalue weighted by atomic mass is 19.1. The molecule has 0 spiro atoms. The standard InChI is InChI=1S/C29H28FN5O2/c1-3-26(37)35-15-13-22(17-35)32-29-27-23(12-14-31-28(27)33-34-29)21-9-8-19(24(30)16-21)10-11-25(36)20-6-4-18(2)5-7-20/h3-9,12,14,16,22H,1,10-11,13,15,17H2,2H3,(H2,31,32,33,34)/t22-/m1/s1. The van der Waals surface area contributed by atoms with Gasteiger partial charge in [-0.25, -0.2) is 9.37 Å². The van der Waals surface area contributed by atoms with Gasteiger partial charge in [0.15, 0.2) is 17.2 Å². The van der Waals surface area contributed by atoms with Crippen LogP contribution < -0.4 is 5.32 Å². The van der Waals surface area contributed by atoms with Crippen molar-refractivity contribution in [2.45, 2.75) is 32.2 Å². The predicted octanol–water partition coefficient (Wildman–Crippen LogP) is 5.09. The van der Waals surface area contributed by atoms with E-state index in [1.165, 1.54) is 12.1 Å². The van der Waals surface area contributed by atoms with Crippen LogP contribution in [0.15, 0.2) is 67.4 Å². The first kappa shape index (κ1) is 24.4. The minimum Gasteiger partial charge on any atom is -0.363 e. The number of fused-ring (bicyclic) bond motifs is 1. The third-order valence-corrected chi connectivity index (χ3v) is 6.84. The molecule has 0 bridgehead atoms. The number of hydrogen-bond donors (Lipinski definition) is 2. The number of nitrogens with one attached hydrogen (secondary N) is 2. The number of halogens is 1. The zero-order valence-electron chi connectivity index (χ0n) is 20.6. The van der Waals surface area contributed by atoms with Gasteiger partial charge >= 0.3 is 0 Å². The molecule has 2 N–H and O–H groups in total. The SMILES string of the molecule is C=CC(=O)N1CC[C@@H](Nc2n[nH]c3nccc(-c4ccc(CCC(=O)c5ccc(C)cc5)c(F)c4)c23)C1. The largest absolute Gasteiger partial charge is 0.363 e. The molecule has 4 aromatic rings. The molecule has 1 aliphatic rings. The summed E-state index contributed by atoms with van der Waals surface area (Å²) in [6.07, 6.45) is 4.33. The van der Waals surface area contributed by atoms with Crippen LogP contribution in [0.5, 0.6) is 0 Å². The van der Waals surface area contributed by atoms with Crippen LogP contribution in [-0.2, 0) is 11.2 Å². The monoisotopic (exact) mass is 497 g/mol. The molecule has 1 atom stereocenters. The summed E-state index contributed by atoms with van der Waals surface area (Å²) in [6, 6.07) is 14.4. The topological polar surface area (TPSA) is 91.0 Å². The first-order valence-electron chi connectivity index (χ1n) is 12.3. The summed E-state index contributed by atoms with van der Waals surface area (Å²) in [4.78, 5) is 30.6. The Bertz CT molecular complexity index is 1480. The number of hydrogen-bond acceptors (Lipinski definition) is 5. The Labute approximate surface area is 214 Å². The molecule has 1 amide bonds. The van der Waals surface area contributed by atoms with Gasteiger partial charge in [-0.1, -0.05) is 48.5 Å². The number of pyridine rings is 1. The number of rotatable bonds is 8. The maximum absolute atomic E-state index is 15.1. The van der Waals surface area contributed by atoms with E-state index in [1.54, 1.807) is 17.2 Å². The molecule has 37 heavy (non-hydrogen) atoms. The highest BCUT2D eigenvalue weighted by molar-refractivity contribution is 6.00. The minimum atomic E-state index is -0.355. The van der Waals surface area contributed by atoms with E-state index in [9.17, 15) is 9.59 Å². The Hall–Kier alpha value is -4.33. The highest BCUT2D eigenvalue weighted by Crippen LogP contribution is 2.33. The van der Waals surface area contributed by atoms with Crippen LogP contribution in [0.3, 0.4) is 0 Å². The lowest BCUT2D eigenvalue weighted by molar-refractivity contribution is -0.125. The van der Waals surface area contributed by atoms with Gasteiger partial charge < -0.3 is 10.2 Å². The van der Waals surface area contributed by atoms with Gasteiger partial charge in [-0.05, 0) is 54.7 Å². The van der Waals surface area contributed by atoms with E-state index in [0.29, 0.717) is 47.7 Å². The molecule has 1 saturated heterocycles. The van der Waals surface area contributed by atoms with Crippen molar-refractivity contribution in [1.29, 1.82) is 0 Å². The van der Waals surface area contributed by atoms with E-state index >= 15 is 4.39 Å². The van der Waals surface area contributed by atoms with Gasteiger partial charge in [0.1, 0.15) is 5.82 Å². The Morgan fingerprint density at radius 1 is 1.22 bits per heavy atom. The summed E-state index contributed by atoms with van der Waals surface area (Å²) < 4.78 is 15.1. The second kappa shape index (κ2) is 10.3. The number of amides is 1. The summed E-state index contributed by atoms with van der Waals surface area (Å²) in [7, 11) is 0. The van der Waals surface area contributed by atoms with Crippen LogP contribution >= 0.6 is 0 Å². The number of aromatic amines is 1. The number of carbonyl (C=O) groups excluding carboxylic acids is 2. The van der Waals surface area contributed by atoms with E-state index in [1.807, 2.05) is 43.3 Å². The quantitative estimate of drug-likeness (QED) is 0.262. The van der Waals surface area contributed by atoms with Gasteiger partial charge in [0, 0.05) is 37.3 Å². The third-order valence-electron chi connectivity index (χ3n) is 6.84. The summed E-state index contributed by atoms with van der Waals surface area (Å²) in [5.74, 6) is 0.166. The number of benzene rings is 2. The Morgan fingerprint density at radius 2 is 2.03 bits per heavy atom. The van der Waals surface area contributed by atoms with Crippen molar-refractivity contribution in [3.63, 3.8) is 0 Å². The molecule has 0 aliphatic carbocycles. The van der Waals surface area contributed by atoms with E-state index in [4.69, 9.17) is 0 Å². The van der Waals surface area contributed by atoms with Gasteiger partial charge in [-0.15, -0.1) is 0 Å².